The van der Waals surface area contributed by atoms with Gasteiger partial charge in [0, 0.05) is 29.7 Å². The first-order valence-corrected chi connectivity index (χ1v) is 9.76. The molecule has 1 aromatic heterocycles. The van der Waals surface area contributed by atoms with Crippen LogP contribution in [0.4, 0.5) is 0 Å². The van der Waals surface area contributed by atoms with Crippen LogP contribution in [0.3, 0.4) is 0 Å². The number of carbonyl (C=O) groups is 1. The highest BCUT2D eigenvalue weighted by Crippen LogP contribution is 2.49. The number of ether oxygens (including phenoxy) is 1. The molecule has 1 aromatic carbocycles. The van der Waals surface area contributed by atoms with Crippen molar-refractivity contribution in [1.82, 2.24) is 9.88 Å². The molecular formula is C21H26N2O3. The quantitative estimate of drug-likeness (QED) is 0.773. The fraction of sp³-hybridized carbons (Fsp3) is 0.571. The molecule has 3 heterocycles. The number of hydrogen-bond acceptors (Lipinski definition) is 4. The third kappa shape index (κ3) is 2.33. The maximum Gasteiger partial charge on any atom is 0.311 e. The molecule has 5 rings (SSSR count). The van der Waals surface area contributed by atoms with E-state index in [4.69, 9.17) is 4.74 Å². The van der Waals surface area contributed by atoms with Crippen LogP contribution in [-0.4, -0.2) is 47.3 Å². The molecule has 0 radical (unpaired) electrons. The van der Waals surface area contributed by atoms with Gasteiger partial charge >= 0.3 is 5.97 Å². The molecule has 2 N–H and O–H groups in total. The average Bonchev–Trinajstić information content (AvgIpc) is 3.05. The van der Waals surface area contributed by atoms with E-state index in [1.165, 1.54) is 29.3 Å². The minimum atomic E-state index is -0.568. The summed E-state index contributed by atoms with van der Waals surface area (Å²) in [5.74, 6) is 0.0541. The topological polar surface area (TPSA) is 65.6 Å². The molecule has 0 unspecified atom stereocenters. The highest BCUT2D eigenvalue weighted by molar-refractivity contribution is 5.85. The van der Waals surface area contributed by atoms with E-state index in [0.29, 0.717) is 18.4 Å². The molecule has 3 aliphatic rings. The number of benzene rings is 1. The Morgan fingerprint density at radius 1 is 1.31 bits per heavy atom. The first-order chi connectivity index (χ1) is 12.7. The maximum absolute atomic E-state index is 12.4. The molecule has 0 bridgehead atoms. The van der Waals surface area contributed by atoms with Crippen molar-refractivity contribution < 1.29 is 14.6 Å². The summed E-state index contributed by atoms with van der Waals surface area (Å²) in [7, 11) is 1.43. The van der Waals surface area contributed by atoms with E-state index in [0.717, 1.165) is 32.4 Å². The maximum atomic E-state index is 12.4. The van der Waals surface area contributed by atoms with Gasteiger partial charge in [-0.3, -0.25) is 9.69 Å². The highest BCUT2D eigenvalue weighted by atomic mass is 16.5. The number of rotatable bonds is 1. The summed E-state index contributed by atoms with van der Waals surface area (Å²) in [5.41, 5.74) is 3.96. The summed E-state index contributed by atoms with van der Waals surface area (Å²) in [6.45, 7) is 2.10. The second-order valence-electron chi connectivity index (χ2n) is 8.18. The lowest BCUT2D eigenvalue weighted by atomic mass is 9.65. The first-order valence-electron chi connectivity index (χ1n) is 9.76. The number of aromatic nitrogens is 1. The van der Waals surface area contributed by atoms with Crippen molar-refractivity contribution in [3.63, 3.8) is 0 Å². The van der Waals surface area contributed by atoms with E-state index in [9.17, 15) is 9.90 Å². The zero-order valence-corrected chi connectivity index (χ0v) is 15.1. The Balaban J connectivity index is 1.52. The SMILES string of the molecule is COC(=O)[C@@H]1[C@H]2C[C@@H]3c4[nH]c5ccccc5c4CCN3C[C@@H]2CC[C@@H]1O. The van der Waals surface area contributed by atoms with E-state index in [-0.39, 0.29) is 17.8 Å². The number of aliphatic hydroxyl groups is 1. The van der Waals surface area contributed by atoms with Crippen molar-refractivity contribution in [2.24, 2.45) is 17.8 Å². The van der Waals surface area contributed by atoms with E-state index in [1.807, 2.05) is 0 Å². The Kier molecular flexibility index (Phi) is 3.83. The van der Waals surface area contributed by atoms with Gasteiger partial charge in [-0.1, -0.05) is 18.2 Å². The molecule has 0 amide bonds. The van der Waals surface area contributed by atoms with Crippen molar-refractivity contribution >= 4 is 16.9 Å². The van der Waals surface area contributed by atoms with Crippen LogP contribution in [0.15, 0.2) is 24.3 Å². The predicted octanol–water partition coefficient (Wildman–Crippen LogP) is 2.65. The number of fused-ring (bicyclic) bond motifs is 6. The van der Waals surface area contributed by atoms with Gasteiger partial charge in [0.05, 0.1) is 25.2 Å². The molecule has 2 aromatic rings. The molecule has 1 aliphatic carbocycles. The van der Waals surface area contributed by atoms with Crippen LogP contribution in [-0.2, 0) is 16.0 Å². The van der Waals surface area contributed by atoms with Gasteiger partial charge in [0.2, 0.25) is 0 Å². The molecule has 5 heteroatoms. The molecule has 5 nitrogen and oxygen atoms in total. The van der Waals surface area contributed by atoms with Gasteiger partial charge in [-0.25, -0.2) is 0 Å². The Hall–Kier alpha value is -1.85. The van der Waals surface area contributed by atoms with Crippen molar-refractivity contribution in [1.29, 1.82) is 0 Å². The fourth-order valence-electron chi connectivity index (χ4n) is 5.80. The fourth-order valence-corrected chi connectivity index (χ4v) is 5.80. The van der Waals surface area contributed by atoms with E-state index >= 15 is 0 Å². The molecule has 5 atom stereocenters. The van der Waals surface area contributed by atoms with Crippen LogP contribution < -0.4 is 0 Å². The zero-order chi connectivity index (χ0) is 17.8. The monoisotopic (exact) mass is 354 g/mol. The molecule has 2 aliphatic heterocycles. The van der Waals surface area contributed by atoms with Crippen LogP contribution >= 0.6 is 0 Å². The second-order valence-corrected chi connectivity index (χ2v) is 8.18. The standard InChI is InChI=1S/C21H26N2O3/c1-26-21(25)19-15-10-17-20-14(13-4-2-3-5-16(13)22-20)8-9-23(17)11-12(15)6-7-18(19)24/h2-5,12,15,17-19,22,24H,6-11H2,1H3/t12-,15-,17+,18-,19+/m0/s1. The summed E-state index contributed by atoms with van der Waals surface area (Å²) in [6, 6.07) is 8.83. The Morgan fingerprint density at radius 2 is 2.15 bits per heavy atom. The molecule has 1 saturated carbocycles. The summed E-state index contributed by atoms with van der Waals surface area (Å²) in [4.78, 5) is 18.6. The summed E-state index contributed by atoms with van der Waals surface area (Å²) in [6.07, 6.45) is 3.14. The molecule has 0 spiro atoms. The number of nitrogens with zero attached hydrogens (tertiary/aromatic N) is 1. The highest BCUT2D eigenvalue weighted by Gasteiger charge is 2.49. The number of aromatic amines is 1. The number of nitrogens with one attached hydrogen (secondary N) is 1. The molecule has 1 saturated heterocycles. The average molecular weight is 354 g/mol. The number of hydrogen-bond donors (Lipinski definition) is 2. The van der Waals surface area contributed by atoms with Crippen LogP contribution in [0.5, 0.6) is 0 Å². The van der Waals surface area contributed by atoms with Gasteiger partial charge in [0.25, 0.3) is 0 Å². The van der Waals surface area contributed by atoms with Crippen LogP contribution in [0.2, 0.25) is 0 Å². The smallest absolute Gasteiger partial charge is 0.311 e. The Morgan fingerprint density at radius 3 is 3.00 bits per heavy atom. The van der Waals surface area contributed by atoms with Crippen molar-refractivity contribution in [3.05, 3.63) is 35.5 Å². The minimum absolute atomic E-state index is 0.199. The molecule has 26 heavy (non-hydrogen) atoms. The summed E-state index contributed by atoms with van der Waals surface area (Å²) in [5, 5.41) is 11.8. The zero-order valence-electron chi connectivity index (χ0n) is 15.1. The summed E-state index contributed by atoms with van der Waals surface area (Å²) < 4.78 is 5.04. The van der Waals surface area contributed by atoms with E-state index in [1.54, 1.807) is 0 Å². The van der Waals surface area contributed by atoms with Gasteiger partial charge in [-0.15, -0.1) is 0 Å². The second kappa shape index (κ2) is 6.10. The largest absolute Gasteiger partial charge is 0.469 e. The van der Waals surface area contributed by atoms with Gasteiger partial charge in [0.15, 0.2) is 0 Å². The lowest BCUT2D eigenvalue weighted by molar-refractivity contribution is -0.160. The number of para-hydroxylation sites is 1. The van der Waals surface area contributed by atoms with E-state index < -0.39 is 6.10 Å². The van der Waals surface area contributed by atoms with Crippen LogP contribution in [0, 0.1) is 17.8 Å². The normalized spacial score (nSPS) is 34.0. The number of carbonyl (C=O) groups excluding carboxylic acids is 1. The van der Waals surface area contributed by atoms with Crippen LogP contribution in [0.25, 0.3) is 10.9 Å². The number of esters is 1. The number of methoxy groups -OCH3 is 1. The molecular weight excluding hydrogens is 328 g/mol. The third-order valence-electron chi connectivity index (χ3n) is 7.02. The summed E-state index contributed by atoms with van der Waals surface area (Å²) >= 11 is 0. The molecule has 2 fully saturated rings. The lowest BCUT2D eigenvalue weighted by Crippen LogP contribution is -2.53. The van der Waals surface area contributed by atoms with Crippen molar-refractivity contribution in [2.75, 3.05) is 20.2 Å². The number of piperidine rings is 1. The van der Waals surface area contributed by atoms with Gasteiger partial charge < -0.3 is 14.8 Å². The number of H-pyrrole nitrogens is 1. The number of aliphatic hydroxyl groups excluding tert-OH is 1. The predicted molar refractivity (Wildman–Crippen MR) is 98.7 cm³/mol. The van der Waals surface area contributed by atoms with E-state index in [2.05, 4.69) is 34.1 Å². The van der Waals surface area contributed by atoms with Gasteiger partial charge in [0.1, 0.15) is 0 Å². The first kappa shape index (κ1) is 16.3. The van der Waals surface area contributed by atoms with Crippen molar-refractivity contribution in [3.8, 4) is 0 Å². The minimum Gasteiger partial charge on any atom is -0.469 e. The van der Waals surface area contributed by atoms with Crippen molar-refractivity contribution in [2.45, 2.75) is 37.8 Å². The van der Waals surface area contributed by atoms with Gasteiger partial charge in [-0.2, -0.15) is 0 Å². The molecule has 138 valence electrons. The third-order valence-corrected chi connectivity index (χ3v) is 7.02. The van der Waals surface area contributed by atoms with Crippen LogP contribution in [0.1, 0.15) is 36.6 Å². The Bertz CT molecular complexity index is 845. The lowest BCUT2D eigenvalue weighted by Gasteiger charge is -2.50. The Labute approximate surface area is 153 Å². The van der Waals surface area contributed by atoms with Gasteiger partial charge in [-0.05, 0) is 49.1 Å².